The zero-order valence-corrected chi connectivity index (χ0v) is 18.5. The lowest BCUT2D eigenvalue weighted by Crippen LogP contribution is -2.48. The summed E-state index contributed by atoms with van der Waals surface area (Å²) in [5.74, 6) is 0.609. The van der Waals surface area contributed by atoms with Crippen molar-refractivity contribution in [3.63, 3.8) is 0 Å². The summed E-state index contributed by atoms with van der Waals surface area (Å²) < 4.78 is 22.0. The van der Waals surface area contributed by atoms with Crippen LogP contribution in [0.1, 0.15) is 30.3 Å². The second kappa shape index (κ2) is 9.52. The zero-order valence-electron chi connectivity index (χ0n) is 17.8. The van der Waals surface area contributed by atoms with E-state index in [0.717, 1.165) is 57.0 Å². The summed E-state index contributed by atoms with van der Waals surface area (Å²) in [7, 11) is 0. The van der Waals surface area contributed by atoms with Crippen molar-refractivity contribution in [1.82, 2.24) is 25.1 Å². The van der Waals surface area contributed by atoms with E-state index in [-0.39, 0.29) is 18.0 Å². The van der Waals surface area contributed by atoms with E-state index in [1.54, 1.807) is 6.07 Å². The van der Waals surface area contributed by atoms with E-state index in [2.05, 4.69) is 25.3 Å². The summed E-state index contributed by atoms with van der Waals surface area (Å²) in [6, 6.07) is 14.7. The molecule has 7 nitrogen and oxygen atoms in total. The lowest BCUT2D eigenvalue weighted by molar-refractivity contribution is 0.0906. The van der Waals surface area contributed by atoms with Crippen molar-refractivity contribution < 1.29 is 9.13 Å². The summed E-state index contributed by atoms with van der Waals surface area (Å²) in [6.07, 6.45) is 2.23. The molecule has 2 aromatic carbocycles. The molecule has 0 bridgehead atoms. The average molecular weight is 457 g/mol. The lowest BCUT2D eigenvalue weighted by Gasteiger charge is -2.40. The van der Waals surface area contributed by atoms with Gasteiger partial charge in [-0.15, -0.1) is 5.10 Å². The molecule has 5 rings (SSSR count). The van der Waals surface area contributed by atoms with Crippen LogP contribution in [0.25, 0.3) is 0 Å². The van der Waals surface area contributed by atoms with Crippen LogP contribution in [0.2, 0.25) is 5.02 Å². The van der Waals surface area contributed by atoms with Crippen molar-refractivity contribution in [1.29, 1.82) is 0 Å². The predicted octanol–water partition coefficient (Wildman–Crippen LogP) is 3.56. The Morgan fingerprint density at radius 1 is 1.06 bits per heavy atom. The van der Waals surface area contributed by atoms with Crippen LogP contribution in [0.15, 0.2) is 48.5 Å². The number of nitrogens with zero attached hydrogens (tertiary/aromatic N) is 6. The summed E-state index contributed by atoms with van der Waals surface area (Å²) in [6.45, 7) is 4.39. The fraction of sp³-hybridized carbons (Fsp3) is 0.435. The molecule has 2 aliphatic rings. The standard InChI is InChI=1S/C23H26ClFN6O/c24-18-9-7-17(8-10-18)22(23-26-27-28-31(23)16-19-4-3-15-32-19)30-13-11-29(12-14-30)21-6-2-1-5-20(21)25/h1-2,5-10,19,22H,3-4,11-16H2/t19-,22+/m1/s1. The van der Waals surface area contributed by atoms with Crippen LogP contribution in [0.5, 0.6) is 0 Å². The Hall–Kier alpha value is -2.55. The summed E-state index contributed by atoms with van der Waals surface area (Å²) in [5, 5.41) is 13.4. The molecule has 3 heterocycles. The molecule has 3 aromatic rings. The summed E-state index contributed by atoms with van der Waals surface area (Å²) >= 11 is 6.16. The Labute approximate surface area is 191 Å². The first kappa shape index (κ1) is 21.3. The molecule has 168 valence electrons. The fourth-order valence-corrected chi connectivity index (χ4v) is 4.74. The van der Waals surface area contributed by atoms with Gasteiger partial charge in [0.1, 0.15) is 5.82 Å². The predicted molar refractivity (Wildman–Crippen MR) is 120 cm³/mol. The van der Waals surface area contributed by atoms with Crippen LogP contribution in [-0.4, -0.2) is 64.0 Å². The number of aromatic nitrogens is 4. The number of ether oxygens (including phenoxy) is 1. The number of anilines is 1. The number of halogens is 2. The van der Waals surface area contributed by atoms with Crippen molar-refractivity contribution >= 4 is 17.3 Å². The van der Waals surface area contributed by atoms with Gasteiger partial charge in [-0.25, -0.2) is 9.07 Å². The number of rotatable bonds is 6. The molecule has 9 heteroatoms. The number of hydrogen-bond donors (Lipinski definition) is 0. The maximum absolute atomic E-state index is 14.3. The van der Waals surface area contributed by atoms with Crippen LogP contribution in [-0.2, 0) is 11.3 Å². The SMILES string of the molecule is Fc1ccccc1N1CCN([C@@H](c2ccc(Cl)cc2)c2nnnn2C[C@H]2CCCO2)CC1. The van der Waals surface area contributed by atoms with Gasteiger partial charge >= 0.3 is 0 Å². The molecule has 0 unspecified atom stereocenters. The van der Waals surface area contributed by atoms with Gasteiger partial charge < -0.3 is 9.64 Å². The Balaban J connectivity index is 1.40. The van der Waals surface area contributed by atoms with Crippen LogP contribution < -0.4 is 4.90 Å². The fourth-order valence-electron chi connectivity index (χ4n) is 4.62. The number of tetrazole rings is 1. The van der Waals surface area contributed by atoms with E-state index in [9.17, 15) is 4.39 Å². The molecule has 2 saturated heterocycles. The van der Waals surface area contributed by atoms with Crippen LogP contribution in [0.4, 0.5) is 10.1 Å². The number of benzene rings is 2. The molecule has 32 heavy (non-hydrogen) atoms. The molecule has 0 aliphatic carbocycles. The van der Waals surface area contributed by atoms with Gasteiger partial charge in [-0.3, -0.25) is 4.90 Å². The van der Waals surface area contributed by atoms with Crippen LogP contribution in [0.3, 0.4) is 0 Å². The minimum absolute atomic E-state index is 0.119. The number of hydrogen-bond acceptors (Lipinski definition) is 6. The van der Waals surface area contributed by atoms with Crippen molar-refractivity contribution in [3.05, 3.63) is 70.8 Å². The van der Waals surface area contributed by atoms with Crippen LogP contribution >= 0.6 is 11.6 Å². The highest BCUT2D eigenvalue weighted by molar-refractivity contribution is 6.30. The second-order valence-electron chi connectivity index (χ2n) is 8.28. The Morgan fingerprint density at radius 2 is 1.84 bits per heavy atom. The van der Waals surface area contributed by atoms with Crippen LogP contribution in [0, 0.1) is 5.82 Å². The Bertz CT molecular complexity index is 1030. The van der Waals surface area contributed by atoms with Gasteiger partial charge in [-0.05, 0) is 53.1 Å². The van der Waals surface area contributed by atoms with E-state index >= 15 is 0 Å². The van der Waals surface area contributed by atoms with Crippen molar-refractivity contribution in [3.8, 4) is 0 Å². The average Bonchev–Trinajstić information content (AvgIpc) is 3.49. The molecule has 0 radical (unpaired) electrons. The van der Waals surface area contributed by atoms with E-state index < -0.39 is 0 Å². The molecule has 0 N–H and O–H groups in total. The van der Waals surface area contributed by atoms with E-state index in [0.29, 0.717) is 17.3 Å². The molecule has 2 atom stereocenters. The molecule has 1 aromatic heterocycles. The highest BCUT2D eigenvalue weighted by Gasteiger charge is 2.32. The van der Waals surface area contributed by atoms with Crippen molar-refractivity contribution in [2.24, 2.45) is 0 Å². The van der Waals surface area contributed by atoms with Gasteiger partial charge in [0.2, 0.25) is 0 Å². The van der Waals surface area contributed by atoms with Gasteiger partial charge in [-0.2, -0.15) is 0 Å². The first-order valence-electron chi connectivity index (χ1n) is 11.1. The summed E-state index contributed by atoms with van der Waals surface area (Å²) in [5.41, 5.74) is 1.73. The van der Waals surface area contributed by atoms with E-state index in [1.165, 1.54) is 6.07 Å². The first-order chi connectivity index (χ1) is 15.7. The molecule has 0 saturated carbocycles. The summed E-state index contributed by atoms with van der Waals surface area (Å²) in [4.78, 5) is 4.46. The van der Waals surface area contributed by atoms with E-state index in [4.69, 9.17) is 16.3 Å². The third-order valence-electron chi connectivity index (χ3n) is 6.26. The highest BCUT2D eigenvalue weighted by atomic mass is 35.5. The quantitative estimate of drug-likeness (QED) is 0.565. The van der Waals surface area contributed by atoms with Crippen molar-refractivity contribution in [2.75, 3.05) is 37.7 Å². The maximum atomic E-state index is 14.3. The van der Waals surface area contributed by atoms with Gasteiger partial charge in [0.25, 0.3) is 0 Å². The minimum atomic E-state index is -0.185. The minimum Gasteiger partial charge on any atom is -0.376 e. The second-order valence-corrected chi connectivity index (χ2v) is 8.72. The molecule has 0 amide bonds. The first-order valence-corrected chi connectivity index (χ1v) is 11.4. The smallest absolute Gasteiger partial charge is 0.173 e. The molecular weight excluding hydrogens is 431 g/mol. The Kier molecular flexibility index (Phi) is 6.34. The van der Waals surface area contributed by atoms with Gasteiger partial charge in [0, 0.05) is 37.8 Å². The molecular formula is C23H26ClFN6O. The third kappa shape index (κ3) is 4.48. The molecule has 2 fully saturated rings. The lowest BCUT2D eigenvalue weighted by atomic mass is 10.0. The number of piperazine rings is 1. The Morgan fingerprint density at radius 3 is 2.56 bits per heavy atom. The highest BCUT2D eigenvalue weighted by Crippen LogP contribution is 2.31. The molecule has 0 spiro atoms. The monoisotopic (exact) mass is 456 g/mol. The maximum Gasteiger partial charge on any atom is 0.173 e. The van der Waals surface area contributed by atoms with Gasteiger partial charge in [-0.1, -0.05) is 35.9 Å². The van der Waals surface area contributed by atoms with Crippen molar-refractivity contribution in [2.45, 2.75) is 31.5 Å². The van der Waals surface area contributed by atoms with E-state index in [1.807, 2.05) is 41.1 Å². The van der Waals surface area contributed by atoms with Gasteiger partial charge in [0.05, 0.1) is 24.4 Å². The number of para-hydroxylation sites is 1. The normalized spacial score (nSPS) is 20.6. The molecule has 2 aliphatic heterocycles. The largest absolute Gasteiger partial charge is 0.376 e. The van der Waals surface area contributed by atoms with Gasteiger partial charge in [0.15, 0.2) is 5.82 Å². The third-order valence-corrected chi connectivity index (χ3v) is 6.52. The topological polar surface area (TPSA) is 59.3 Å². The zero-order chi connectivity index (χ0) is 21.9.